The van der Waals surface area contributed by atoms with Gasteiger partial charge in [-0.25, -0.2) is 4.98 Å². The van der Waals surface area contributed by atoms with Crippen LogP contribution in [0.3, 0.4) is 0 Å². The van der Waals surface area contributed by atoms with Crippen molar-refractivity contribution in [2.24, 2.45) is 0 Å². The zero-order chi connectivity index (χ0) is 14.9. The van der Waals surface area contributed by atoms with Crippen LogP contribution in [-0.2, 0) is 17.8 Å². The topological polar surface area (TPSA) is 55.4 Å². The number of nitrogens with zero attached hydrogens (tertiary/aromatic N) is 5. The fourth-order valence-corrected chi connectivity index (χ4v) is 3.81. The number of hydrogen-bond donors (Lipinski definition) is 0. The third-order valence-corrected chi connectivity index (χ3v) is 4.90. The average Bonchev–Trinajstić information content (AvgIpc) is 3.21. The number of fused-ring (bicyclic) bond motifs is 1. The Labute approximate surface area is 132 Å². The maximum Gasteiger partial charge on any atom is 0.228 e. The number of imidazole rings is 1. The number of aromatic nitrogens is 4. The molecule has 0 radical (unpaired) electrons. The van der Waals surface area contributed by atoms with E-state index in [2.05, 4.69) is 10.1 Å². The van der Waals surface area contributed by atoms with Crippen LogP contribution in [0.1, 0.15) is 18.5 Å². The van der Waals surface area contributed by atoms with Gasteiger partial charge in [-0.1, -0.05) is 0 Å². The average molecular weight is 315 g/mol. The molecule has 1 fully saturated rings. The number of likely N-dealkylation sites (tertiary alicyclic amines) is 1. The van der Waals surface area contributed by atoms with Crippen molar-refractivity contribution in [1.29, 1.82) is 0 Å². The molecule has 3 aromatic heterocycles. The Morgan fingerprint density at radius 2 is 2.36 bits per heavy atom. The fourth-order valence-electron chi connectivity index (χ4n) is 3.10. The van der Waals surface area contributed by atoms with Gasteiger partial charge in [-0.2, -0.15) is 5.10 Å². The fraction of sp³-hybridized carbons (Fsp3) is 0.400. The first-order chi connectivity index (χ1) is 10.8. The predicted molar refractivity (Wildman–Crippen MR) is 83.7 cm³/mol. The van der Waals surface area contributed by atoms with Gasteiger partial charge in [0.2, 0.25) is 5.91 Å². The lowest BCUT2D eigenvalue weighted by Crippen LogP contribution is -2.39. The molecule has 4 rings (SSSR count). The van der Waals surface area contributed by atoms with Gasteiger partial charge in [-0.15, -0.1) is 11.3 Å². The lowest BCUT2D eigenvalue weighted by molar-refractivity contribution is -0.131. The van der Waals surface area contributed by atoms with Crippen molar-refractivity contribution in [1.82, 2.24) is 24.1 Å². The molecule has 0 saturated carbocycles. The Bertz CT molecular complexity index is 746. The van der Waals surface area contributed by atoms with Gasteiger partial charge >= 0.3 is 0 Å². The molecule has 0 aromatic carbocycles. The van der Waals surface area contributed by atoms with Crippen LogP contribution in [0, 0.1) is 0 Å². The van der Waals surface area contributed by atoms with E-state index in [1.807, 2.05) is 44.0 Å². The number of carbonyl (C=O) groups excluding carboxylic acids is 1. The van der Waals surface area contributed by atoms with Crippen molar-refractivity contribution in [3.63, 3.8) is 0 Å². The molecule has 1 unspecified atom stereocenters. The van der Waals surface area contributed by atoms with E-state index in [1.165, 1.54) is 0 Å². The molecule has 1 saturated heterocycles. The lowest BCUT2D eigenvalue weighted by Gasteiger charge is -2.24. The molecule has 7 heteroatoms. The standard InChI is InChI=1S/C15H17N5OS/c21-14(9-12-10-18-7-8-22-15(18)17-12)20-6-1-3-13(20)11-19-5-2-4-16-19/h2,4-5,7-8,10,13H,1,3,6,9,11H2. The minimum atomic E-state index is 0.167. The first kappa shape index (κ1) is 13.5. The molecule has 1 aliphatic heterocycles. The number of hydrogen-bond acceptors (Lipinski definition) is 4. The summed E-state index contributed by atoms with van der Waals surface area (Å²) in [5.41, 5.74) is 0.849. The Kier molecular flexibility index (Phi) is 3.42. The van der Waals surface area contributed by atoms with E-state index in [9.17, 15) is 4.79 Å². The van der Waals surface area contributed by atoms with Gasteiger partial charge in [0.05, 0.1) is 24.7 Å². The number of thiazole rings is 1. The smallest absolute Gasteiger partial charge is 0.228 e. The zero-order valence-corrected chi connectivity index (χ0v) is 12.9. The van der Waals surface area contributed by atoms with Gasteiger partial charge in [0, 0.05) is 36.7 Å². The van der Waals surface area contributed by atoms with Gasteiger partial charge in [-0.05, 0) is 18.9 Å². The number of carbonyl (C=O) groups is 1. The van der Waals surface area contributed by atoms with E-state index in [4.69, 9.17) is 0 Å². The summed E-state index contributed by atoms with van der Waals surface area (Å²) in [4.78, 5) is 20.0. The van der Waals surface area contributed by atoms with Crippen molar-refractivity contribution < 1.29 is 4.79 Å². The molecule has 0 bridgehead atoms. The normalized spacial score (nSPS) is 18.4. The van der Waals surface area contributed by atoms with Crippen molar-refractivity contribution in [2.75, 3.05) is 6.54 Å². The molecule has 1 aliphatic rings. The van der Waals surface area contributed by atoms with E-state index >= 15 is 0 Å². The van der Waals surface area contributed by atoms with Crippen LogP contribution >= 0.6 is 11.3 Å². The van der Waals surface area contributed by atoms with Crippen LogP contribution in [0.15, 0.2) is 36.2 Å². The molecule has 0 N–H and O–H groups in total. The van der Waals surface area contributed by atoms with Crippen molar-refractivity contribution in [3.05, 3.63) is 41.9 Å². The second-order valence-electron chi connectivity index (χ2n) is 5.61. The minimum absolute atomic E-state index is 0.167. The highest BCUT2D eigenvalue weighted by Crippen LogP contribution is 2.20. The van der Waals surface area contributed by atoms with Crippen LogP contribution in [-0.4, -0.2) is 42.6 Å². The van der Waals surface area contributed by atoms with Crippen LogP contribution in [0.4, 0.5) is 0 Å². The number of rotatable bonds is 4. The summed E-state index contributed by atoms with van der Waals surface area (Å²) in [7, 11) is 0. The summed E-state index contributed by atoms with van der Waals surface area (Å²) < 4.78 is 3.88. The molecule has 3 aromatic rings. The van der Waals surface area contributed by atoms with E-state index in [0.717, 1.165) is 36.6 Å². The summed E-state index contributed by atoms with van der Waals surface area (Å²) in [5, 5.41) is 6.24. The van der Waals surface area contributed by atoms with E-state index < -0.39 is 0 Å². The summed E-state index contributed by atoms with van der Waals surface area (Å²) in [6, 6.07) is 2.16. The molecule has 4 heterocycles. The summed E-state index contributed by atoms with van der Waals surface area (Å²) in [6.45, 7) is 1.62. The Morgan fingerprint density at radius 3 is 3.18 bits per heavy atom. The Balaban J connectivity index is 1.45. The predicted octanol–water partition coefficient (Wildman–Crippen LogP) is 1.83. The summed E-state index contributed by atoms with van der Waals surface area (Å²) in [6.07, 6.45) is 10.1. The van der Waals surface area contributed by atoms with Crippen LogP contribution < -0.4 is 0 Å². The third-order valence-electron chi connectivity index (χ3n) is 4.13. The molecule has 114 valence electrons. The monoisotopic (exact) mass is 315 g/mol. The lowest BCUT2D eigenvalue weighted by atomic mass is 10.2. The minimum Gasteiger partial charge on any atom is -0.338 e. The van der Waals surface area contributed by atoms with E-state index in [-0.39, 0.29) is 11.9 Å². The van der Waals surface area contributed by atoms with Crippen molar-refractivity contribution >= 4 is 22.2 Å². The van der Waals surface area contributed by atoms with Gasteiger partial charge in [0.25, 0.3) is 0 Å². The quantitative estimate of drug-likeness (QED) is 0.738. The van der Waals surface area contributed by atoms with E-state index in [0.29, 0.717) is 6.42 Å². The Hall–Kier alpha value is -2.15. The first-order valence-corrected chi connectivity index (χ1v) is 8.35. The molecule has 0 spiro atoms. The highest BCUT2D eigenvalue weighted by atomic mass is 32.1. The maximum absolute atomic E-state index is 12.6. The SMILES string of the molecule is O=C(Cc1cn2ccsc2n1)N1CCCC1Cn1cccn1. The molecular formula is C15H17N5OS. The highest BCUT2D eigenvalue weighted by molar-refractivity contribution is 7.15. The number of amides is 1. The van der Waals surface area contributed by atoms with Crippen LogP contribution in [0.2, 0.25) is 0 Å². The van der Waals surface area contributed by atoms with Gasteiger partial charge in [-0.3, -0.25) is 13.9 Å². The summed E-state index contributed by atoms with van der Waals surface area (Å²) >= 11 is 1.59. The van der Waals surface area contributed by atoms with Crippen molar-refractivity contribution in [3.8, 4) is 0 Å². The van der Waals surface area contributed by atoms with Gasteiger partial charge in [0.1, 0.15) is 0 Å². The summed E-state index contributed by atoms with van der Waals surface area (Å²) in [5.74, 6) is 0.167. The second-order valence-corrected chi connectivity index (χ2v) is 6.49. The largest absolute Gasteiger partial charge is 0.338 e. The highest BCUT2D eigenvalue weighted by Gasteiger charge is 2.29. The molecular weight excluding hydrogens is 298 g/mol. The van der Waals surface area contributed by atoms with E-state index in [1.54, 1.807) is 17.5 Å². The van der Waals surface area contributed by atoms with Gasteiger partial charge < -0.3 is 4.90 Å². The molecule has 22 heavy (non-hydrogen) atoms. The molecule has 1 atom stereocenters. The molecule has 0 aliphatic carbocycles. The molecule has 1 amide bonds. The Morgan fingerprint density at radius 1 is 1.41 bits per heavy atom. The van der Waals surface area contributed by atoms with Crippen molar-refractivity contribution in [2.45, 2.75) is 31.8 Å². The van der Waals surface area contributed by atoms with Crippen LogP contribution in [0.25, 0.3) is 4.96 Å². The second kappa shape index (κ2) is 5.57. The maximum atomic E-state index is 12.6. The zero-order valence-electron chi connectivity index (χ0n) is 12.1. The van der Waals surface area contributed by atoms with Gasteiger partial charge in [0.15, 0.2) is 4.96 Å². The molecule has 6 nitrogen and oxygen atoms in total. The first-order valence-electron chi connectivity index (χ1n) is 7.47. The van der Waals surface area contributed by atoms with Crippen LogP contribution in [0.5, 0.6) is 0 Å². The third kappa shape index (κ3) is 2.52.